The van der Waals surface area contributed by atoms with Gasteiger partial charge in [0.1, 0.15) is 5.69 Å². The molecule has 1 N–H and O–H groups in total. The van der Waals surface area contributed by atoms with E-state index in [0.29, 0.717) is 5.69 Å². The Morgan fingerprint density at radius 2 is 2.33 bits per heavy atom. The summed E-state index contributed by atoms with van der Waals surface area (Å²) < 4.78 is 2.75. The van der Waals surface area contributed by atoms with Crippen molar-refractivity contribution in [1.29, 1.82) is 0 Å². The number of amides is 1. The largest absolute Gasteiger partial charge is 0.348 e. The highest BCUT2D eigenvalue weighted by atomic mass is 79.9. The van der Waals surface area contributed by atoms with E-state index in [0.717, 1.165) is 17.3 Å². The Kier molecular flexibility index (Phi) is 4.39. The highest BCUT2D eigenvalue weighted by molar-refractivity contribution is 9.10. The Morgan fingerprint density at radius 1 is 1.67 bits per heavy atom. The molecule has 0 fully saturated rings. The number of rotatable bonds is 4. The standard InChI is InChI=1S/C11H17BrN2O/c1-4-5-8(2)13-11(15)10-6-9(12)7-14(10)3/h6-8H,4-5H2,1-3H3,(H,13,15). The summed E-state index contributed by atoms with van der Waals surface area (Å²) in [5.41, 5.74) is 0.685. The summed E-state index contributed by atoms with van der Waals surface area (Å²) in [6.45, 7) is 4.14. The molecule has 1 aromatic rings. The smallest absolute Gasteiger partial charge is 0.268 e. The van der Waals surface area contributed by atoms with Gasteiger partial charge in [-0.3, -0.25) is 4.79 Å². The van der Waals surface area contributed by atoms with E-state index < -0.39 is 0 Å². The fourth-order valence-electron chi connectivity index (χ4n) is 1.55. The van der Waals surface area contributed by atoms with Crippen LogP contribution in [0.3, 0.4) is 0 Å². The minimum absolute atomic E-state index is 0.0100. The number of carbonyl (C=O) groups excluding carboxylic acids is 1. The van der Waals surface area contributed by atoms with Gasteiger partial charge in [-0.1, -0.05) is 13.3 Å². The minimum atomic E-state index is -0.0100. The number of aryl methyl sites for hydroxylation is 1. The number of nitrogens with zero attached hydrogens (tertiary/aromatic N) is 1. The van der Waals surface area contributed by atoms with Crippen LogP contribution in [0.2, 0.25) is 0 Å². The fourth-order valence-corrected chi connectivity index (χ4v) is 2.08. The number of hydrogen-bond acceptors (Lipinski definition) is 1. The third-order valence-electron chi connectivity index (χ3n) is 2.30. The van der Waals surface area contributed by atoms with E-state index in [1.807, 2.05) is 30.8 Å². The highest BCUT2D eigenvalue weighted by Crippen LogP contribution is 2.13. The molecule has 0 bridgehead atoms. The molecule has 3 nitrogen and oxygen atoms in total. The molecule has 1 heterocycles. The van der Waals surface area contributed by atoms with Crippen LogP contribution in [0.1, 0.15) is 37.2 Å². The second kappa shape index (κ2) is 5.35. The minimum Gasteiger partial charge on any atom is -0.348 e. The molecule has 0 spiro atoms. The van der Waals surface area contributed by atoms with E-state index in [-0.39, 0.29) is 11.9 Å². The number of nitrogens with one attached hydrogen (secondary N) is 1. The maximum absolute atomic E-state index is 11.8. The van der Waals surface area contributed by atoms with E-state index in [2.05, 4.69) is 28.2 Å². The van der Waals surface area contributed by atoms with Crippen molar-refractivity contribution in [3.05, 3.63) is 22.4 Å². The van der Waals surface area contributed by atoms with Gasteiger partial charge in [0, 0.05) is 23.8 Å². The molecule has 0 aliphatic heterocycles. The number of carbonyl (C=O) groups is 1. The average Bonchev–Trinajstić information content (AvgIpc) is 2.45. The van der Waals surface area contributed by atoms with E-state index in [4.69, 9.17) is 0 Å². The summed E-state index contributed by atoms with van der Waals surface area (Å²) in [6, 6.07) is 2.06. The number of aromatic nitrogens is 1. The van der Waals surface area contributed by atoms with Gasteiger partial charge in [-0.25, -0.2) is 0 Å². The van der Waals surface area contributed by atoms with Crippen molar-refractivity contribution < 1.29 is 4.79 Å². The van der Waals surface area contributed by atoms with E-state index in [1.54, 1.807) is 0 Å². The second-order valence-corrected chi connectivity index (χ2v) is 4.73. The predicted molar refractivity (Wildman–Crippen MR) is 64.9 cm³/mol. The van der Waals surface area contributed by atoms with Crippen molar-refractivity contribution >= 4 is 21.8 Å². The Morgan fingerprint density at radius 3 is 2.80 bits per heavy atom. The molecule has 1 atom stereocenters. The van der Waals surface area contributed by atoms with E-state index in [9.17, 15) is 4.79 Å². The molecular formula is C11H17BrN2O. The van der Waals surface area contributed by atoms with Crippen molar-refractivity contribution in [2.45, 2.75) is 32.7 Å². The summed E-state index contributed by atoms with van der Waals surface area (Å²) in [6.07, 6.45) is 3.97. The van der Waals surface area contributed by atoms with Gasteiger partial charge in [0.2, 0.25) is 0 Å². The Labute approximate surface area is 99.0 Å². The van der Waals surface area contributed by atoms with Crippen LogP contribution < -0.4 is 5.32 Å². The lowest BCUT2D eigenvalue weighted by molar-refractivity contribution is 0.0930. The van der Waals surface area contributed by atoms with Crippen molar-refractivity contribution in [2.24, 2.45) is 7.05 Å². The van der Waals surface area contributed by atoms with Crippen LogP contribution in [0.4, 0.5) is 0 Å². The van der Waals surface area contributed by atoms with Gasteiger partial charge in [0.05, 0.1) is 0 Å². The Hall–Kier alpha value is -0.770. The molecule has 1 unspecified atom stereocenters. The molecule has 1 amide bonds. The first-order valence-electron chi connectivity index (χ1n) is 5.17. The summed E-state index contributed by atoms with van der Waals surface area (Å²) in [7, 11) is 1.87. The molecule has 0 saturated carbocycles. The van der Waals surface area contributed by atoms with E-state index in [1.165, 1.54) is 0 Å². The molecule has 84 valence electrons. The van der Waals surface area contributed by atoms with Crippen LogP contribution in [0.15, 0.2) is 16.7 Å². The van der Waals surface area contributed by atoms with Crippen LogP contribution >= 0.6 is 15.9 Å². The zero-order chi connectivity index (χ0) is 11.4. The van der Waals surface area contributed by atoms with Crippen LogP contribution in [0.5, 0.6) is 0 Å². The highest BCUT2D eigenvalue weighted by Gasteiger charge is 2.12. The quantitative estimate of drug-likeness (QED) is 0.899. The van der Waals surface area contributed by atoms with Crippen LogP contribution in [-0.2, 0) is 7.05 Å². The van der Waals surface area contributed by atoms with Crippen LogP contribution in [0.25, 0.3) is 0 Å². The third kappa shape index (κ3) is 3.38. The molecule has 1 rings (SSSR count). The second-order valence-electron chi connectivity index (χ2n) is 3.82. The van der Waals surface area contributed by atoms with Crippen molar-refractivity contribution in [3.63, 3.8) is 0 Å². The monoisotopic (exact) mass is 272 g/mol. The van der Waals surface area contributed by atoms with Gasteiger partial charge < -0.3 is 9.88 Å². The first kappa shape index (κ1) is 12.3. The first-order chi connectivity index (χ1) is 7.04. The molecule has 4 heteroatoms. The lowest BCUT2D eigenvalue weighted by atomic mass is 10.2. The predicted octanol–water partition coefficient (Wildman–Crippen LogP) is 2.71. The molecule has 0 aromatic carbocycles. The van der Waals surface area contributed by atoms with Crippen molar-refractivity contribution in [1.82, 2.24) is 9.88 Å². The van der Waals surface area contributed by atoms with Gasteiger partial charge >= 0.3 is 0 Å². The summed E-state index contributed by atoms with van der Waals surface area (Å²) in [5.74, 6) is -0.0100. The van der Waals surface area contributed by atoms with Gasteiger partial charge in [-0.2, -0.15) is 0 Å². The number of halogens is 1. The van der Waals surface area contributed by atoms with Gasteiger partial charge in [0.15, 0.2) is 0 Å². The maximum Gasteiger partial charge on any atom is 0.268 e. The third-order valence-corrected chi connectivity index (χ3v) is 2.74. The van der Waals surface area contributed by atoms with Gasteiger partial charge in [-0.15, -0.1) is 0 Å². The Balaban J connectivity index is 2.65. The first-order valence-corrected chi connectivity index (χ1v) is 5.96. The zero-order valence-electron chi connectivity index (χ0n) is 9.38. The molecule has 0 aliphatic rings. The van der Waals surface area contributed by atoms with Crippen molar-refractivity contribution in [2.75, 3.05) is 0 Å². The molecule has 0 aliphatic carbocycles. The summed E-state index contributed by atoms with van der Waals surface area (Å²) in [4.78, 5) is 11.8. The summed E-state index contributed by atoms with van der Waals surface area (Å²) in [5, 5.41) is 2.97. The average molecular weight is 273 g/mol. The lowest BCUT2D eigenvalue weighted by Crippen LogP contribution is -2.33. The normalized spacial score (nSPS) is 12.5. The fraction of sp³-hybridized carbons (Fsp3) is 0.545. The molecule has 15 heavy (non-hydrogen) atoms. The molecule has 0 saturated heterocycles. The molecule has 0 radical (unpaired) electrons. The topological polar surface area (TPSA) is 34.0 Å². The SMILES string of the molecule is CCCC(C)NC(=O)c1cc(Br)cn1C. The summed E-state index contributed by atoms with van der Waals surface area (Å²) >= 11 is 3.35. The van der Waals surface area contributed by atoms with Crippen LogP contribution in [0, 0.1) is 0 Å². The van der Waals surface area contributed by atoms with Gasteiger partial charge in [-0.05, 0) is 35.3 Å². The number of hydrogen-bond donors (Lipinski definition) is 1. The molecular weight excluding hydrogens is 256 g/mol. The lowest BCUT2D eigenvalue weighted by Gasteiger charge is -2.12. The van der Waals surface area contributed by atoms with Crippen LogP contribution in [-0.4, -0.2) is 16.5 Å². The maximum atomic E-state index is 11.8. The zero-order valence-corrected chi connectivity index (χ0v) is 11.0. The molecule has 1 aromatic heterocycles. The van der Waals surface area contributed by atoms with Crippen molar-refractivity contribution in [3.8, 4) is 0 Å². The van der Waals surface area contributed by atoms with Gasteiger partial charge in [0.25, 0.3) is 5.91 Å². The Bertz CT molecular complexity index is 346. The van der Waals surface area contributed by atoms with E-state index >= 15 is 0 Å².